The number of hydrogen-bond acceptors (Lipinski definition) is 2. The SMILES string of the molecule is CSCCCN1C2CCC1CC(Cl)C2. The minimum atomic E-state index is 0.462. The predicted octanol–water partition coefficient (Wildman–Crippen LogP) is 2.97. The average Bonchev–Trinajstić information content (AvgIpc) is 2.42. The van der Waals surface area contributed by atoms with E-state index in [0.717, 1.165) is 12.1 Å². The molecule has 0 aliphatic carbocycles. The Morgan fingerprint density at radius 3 is 2.50 bits per heavy atom. The van der Waals surface area contributed by atoms with E-state index in [4.69, 9.17) is 11.6 Å². The zero-order valence-corrected chi connectivity index (χ0v) is 10.5. The molecule has 2 heterocycles. The highest BCUT2D eigenvalue weighted by Crippen LogP contribution is 2.37. The van der Waals surface area contributed by atoms with Crippen molar-refractivity contribution < 1.29 is 0 Å². The molecule has 2 bridgehead atoms. The molecule has 82 valence electrons. The maximum Gasteiger partial charge on any atom is 0.0365 e. The molecule has 0 spiro atoms. The van der Waals surface area contributed by atoms with Gasteiger partial charge in [0.2, 0.25) is 0 Å². The summed E-state index contributed by atoms with van der Waals surface area (Å²) in [5.41, 5.74) is 0. The molecule has 2 atom stereocenters. The molecule has 2 rings (SSSR count). The molecular formula is C11H20ClNS. The van der Waals surface area contributed by atoms with Gasteiger partial charge in [0, 0.05) is 17.5 Å². The first-order valence-electron chi connectivity index (χ1n) is 5.70. The van der Waals surface area contributed by atoms with Gasteiger partial charge < -0.3 is 0 Å². The highest BCUT2D eigenvalue weighted by molar-refractivity contribution is 7.98. The summed E-state index contributed by atoms with van der Waals surface area (Å²) < 4.78 is 0. The van der Waals surface area contributed by atoms with Gasteiger partial charge in [-0.15, -0.1) is 11.6 Å². The van der Waals surface area contributed by atoms with Gasteiger partial charge in [-0.1, -0.05) is 0 Å². The summed E-state index contributed by atoms with van der Waals surface area (Å²) in [4.78, 5) is 2.73. The fraction of sp³-hybridized carbons (Fsp3) is 1.00. The van der Waals surface area contributed by atoms with Crippen molar-refractivity contribution in [3.05, 3.63) is 0 Å². The average molecular weight is 234 g/mol. The zero-order chi connectivity index (χ0) is 9.97. The molecule has 0 aromatic rings. The van der Waals surface area contributed by atoms with Gasteiger partial charge in [0.05, 0.1) is 0 Å². The first-order chi connectivity index (χ1) is 6.81. The van der Waals surface area contributed by atoms with Gasteiger partial charge in [0.15, 0.2) is 0 Å². The molecule has 2 aliphatic rings. The number of thioether (sulfide) groups is 1. The molecule has 0 amide bonds. The smallest absolute Gasteiger partial charge is 0.0365 e. The van der Waals surface area contributed by atoms with Crippen LogP contribution in [0, 0.1) is 0 Å². The number of halogens is 1. The summed E-state index contributed by atoms with van der Waals surface area (Å²) in [6.07, 6.45) is 8.80. The van der Waals surface area contributed by atoms with Crippen LogP contribution in [0.25, 0.3) is 0 Å². The largest absolute Gasteiger partial charge is 0.297 e. The third kappa shape index (κ3) is 2.40. The summed E-state index contributed by atoms with van der Waals surface area (Å²) in [6.45, 7) is 1.31. The van der Waals surface area contributed by atoms with Gasteiger partial charge in [-0.3, -0.25) is 4.90 Å². The van der Waals surface area contributed by atoms with E-state index in [9.17, 15) is 0 Å². The van der Waals surface area contributed by atoms with Crippen molar-refractivity contribution in [3.63, 3.8) is 0 Å². The number of piperidine rings is 1. The summed E-state index contributed by atoms with van der Waals surface area (Å²) in [5.74, 6) is 1.31. The monoisotopic (exact) mass is 233 g/mol. The minimum Gasteiger partial charge on any atom is -0.297 e. The van der Waals surface area contributed by atoms with Crippen LogP contribution in [0.5, 0.6) is 0 Å². The second-order valence-electron chi connectivity index (χ2n) is 4.54. The predicted molar refractivity (Wildman–Crippen MR) is 65.4 cm³/mol. The van der Waals surface area contributed by atoms with Crippen LogP contribution in [0.2, 0.25) is 0 Å². The lowest BCUT2D eigenvalue weighted by atomic mass is 10.0. The number of alkyl halides is 1. The molecule has 1 nitrogen and oxygen atoms in total. The third-order valence-corrected chi connectivity index (χ3v) is 4.64. The van der Waals surface area contributed by atoms with Crippen LogP contribution in [0.4, 0.5) is 0 Å². The lowest BCUT2D eigenvalue weighted by Crippen LogP contribution is -2.43. The Balaban J connectivity index is 1.82. The van der Waals surface area contributed by atoms with Crippen molar-refractivity contribution in [2.45, 2.75) is 49.6 Å². The number of fused-ring (bicyclic) bond motifs is 2. The van der Waals surface area contributed by atoms with Crippen molar-refractivity contribution in [3.8, 4) is 0 Å². The van der Waals surface area contributed by atoms with Crippen molar-refractivity contribution in [1.82, 2.24) is 4.90 Å². The lowest BCUT2D eigenvalue weighted by molar-refractivity contribution is 0.143. The van der Waals surface area contributed by atoms with Crippen LogP contribution in [-0.4, -0.2) is 40.9 Å². The Bertz CT molecular complexity index is 174. The Morgan fingerprint density at radius 1 is 1.29 bits per heavy atom. The van der Waals surface area contributed by atoms with E-state index < -0.39 is 0 Å². The second kappa shape index (κ2) is 5.09. The van der Waals surface area contributed by atoms with Crippen molar-refractivity contribution >= 4 is 23.4 Å². The van der Waals surface area contributed by atoms with Crippen molar-refractivity contribution in [2.24, 2.45) is 0 Å². The van der Waals surface area contributed by atoms with E-state index in [2.05, 4.69) is 11.2 Å². The summed E-state index contributed by atoms with van der Waals surface area (Å²) in [5, 5.41) is 0.462. The number of rotatable bonds is 4. The van der Waals surface area contributed by atoms with E-state index in [1.54, 1.807) is 0 Å². The Hall–Kier alpha value is 0.600. The Labute approximate surface area is 96.6 Å². The van der Waals surface area contributed by atoms with Gasteiger partial charge >= 0.3 is 0 Å². The molecule has 2 unspecified atom stereocenters. The molecule has 0 aromatic carbocycles. The van der Waals surface area contributed by atoms with E-state index in [1.165, 1.54) is 44.4 Å². The van der Waals surface area contributed by atoms with Gasteiger partial charge in [0.1, 0.15) is 0 Å². The molecular weight excluding hydrogens is 214 g/mol. The number of hydrogen-bond donors (Lipinski definition) is 0. The minimum absolute atomic E-state index is 0.462. The molecule has 0 radical (unpaired) electrons. The van der Waals surface area contributed by atoms with Crippen molar-refractivity contribution in [1.29, 1.82) is 0 Å². The molecule has 2 fully saturated rings. The summed E-state index contributed by atoms with van der Waals surface area (Å²) in [7, 11) is 0. The molecule has 0 aromatic heterocycles. The number of nitrogens with zero attached hydrogens (tertiary/aromatic N) is 1. The maximum atomic E-state index is 6.24. The zero-order valence-electron chi connectivity index (χ0n) is 8.92. The first-order valence-corrected chi connectivity index (χ1v) is 7.53. The Kier molecular flexibility index (Phi) is 4.03. The normalized spacial score (nSPS) is 37.7. The lowest BCUT2D eigenvalue weighted by Gasteiger charge is -2.36. The fourth-order valence-corrected chi connectivity index (χ4v) is 3.79. The van der Waals surface area contributed by atoms with Gasteiger partial charge in [-0.25, -0.2) is 0 Å². The molecule has 3 heteroatoms. The second-order valence-corrected chi connectivity index (χ2v) is 6.14. The van der Waals surface area contributed by atoms with Crippen LogP contribution >= 0.6 is 23.4 Å². The summed E-state index contributed by atoms with van der Waals surface area (Å²) in [6, 6.07) is 1.64. The molecule has 2 aliphatic heterocycles. The van der Waals surface area contributed by atoms with Crippen LogP contribution < -0.4 is 0 Å². The maximum absolute atomic E-state index is 6.24. The third-order valence-electron chi connectivity index (χ3n) is 3.59. The van der Waals surface area contributed by atoms with E-state index in [-0.39, 0.29) is 0 Å². The van der Waals surface area contributed by atoms with Gasteiger partial charge in [0.25, 0.3) is 0 Å². The van der Waals surface area contributed by atoms with Crippen LogP contribution in [-0.2, 0) is 0 Å². The Morgan fingerprint density at radius 2 is 1.93 bits per heavy atom. The van der Waals surface area contributed by atoms with E-state index in [0.29, 0.717) is 5.38 Å². The highest BCUT2D eigenvalue weighted by Gasteiger charge is 2.39. The highest BCUT2D eigenvalue weighted by atomic mass is 35.5. The van der Waals surface area contributed by atoms with Crippen LogP contribution in [0.15, 0.2) is 0 Å². The van der Waals surface area contributed by atoms with Crippen LogP contribution in [0.1, 0.15) is 32.1 Å². The summed E-state index contributed by atoms with van der Waals surface area (Å²) >= 11 is 8.20. The standard InChI is InChI=1S/C11H20ClNS/c1-14-6-2-5-13-10-3-4-11(13)8-9(12)7-10/h9-11H,2-8H2,1H3. The van der Waals surface area contributed by atoms with E-state index in [1.807, 2.05) is 11.8 Å². The molecule has 14 heavy (non-hydrogen) atoms. The topological polar surface area (TPSA) is 3.24 Å². The van der Waals surface area contributed by atoms with Gasteiger partial charge in [-0.2, -0.15) is 11.8 Å². The molecule has 2 saturated heterocycles. The van der Waals surface area contributed by atoms with Crippen molar-refractivity contribution in [2.75, 3.05) is 18.6 Å². The quantitative estimate of drug-likeness (QED) is 0.543. The molecule has 0 N–H and O–H groups in total. The fourth-order valence-electron chi connectivity index (χ4n) is 2.96. The molecule has 0 saturated carbocycles. The van der Waals surface area contributed by atoms with E-state index >= 15 is 0 Å². The van der Waals surface area contributed by atoms with Gasteiger partial charge in [-0.05, 0) is 50.7 Å². The van der Waals surface area contributed by atoms with Crippen LogP contribution in [0.3, 0.4) is 0 Å². The first kappa shape index (κ1) is 11.1.